The van der Waals surface area contributed by atoms with Crippen LogP contribution in [0.2, 0.25) is 0 Å². The molecule has 1 heterocycles. The maximum Gasteiger partial charge on any atom is 0.338 e. The molecule has 0 aliphatic carbocycles. The third kappa shape index (κ3) is 5.48. The lowest BCUT2D eigenvalue weighted by Gasteiger charge is -2.09. The predicted octanol–water partition coefficient (Wildman–Crippen LogP) is 4.64. The largest absolute Gasteiger partial charge is 0.462 e. The molecular formula is C21H21BrN4O3S. The molecule has 0 fully saturated rings. The molecule has 9 heteroatoms. The molecule has 156 valence electrons. The number of nitrogens with one attached hydrogen (secondary N) is 1. The first kappa shape index (κ1) is 22.0. The quantitative estimate of drug-likeness (QED) is 0.367. The third-order valence-electron chi connectivity index (χ3n) is 4.13. The van der Waals surface area contributed by atoms with Crippen molar-refractivity contribution in [2.75, 3.05) is 17.7 Å². The van der Waals surface area contributed by atoms with Crippen molar-refractivity contribution in [2.45, 2.75) is 25.5 Å². The van der Waals surface area contributed by atoms with Crippen molar-refractivity contribution in [2.24, 2.45) is 0 Å². The summed E-state index contributed by atoms with van der Waals surface area (Å²) in [5, 5.41) is 12.0. The number of carbonyl (C=O) groups is 2. The molecule has 0 spiro atoms. The number of halogens is 1. The van der Waals surface area contributed by atoms with Gasteiger partial charge in [0.05, 0.1) is 17.9 Å². The standard InChI is InChI=1S/C21H21BrN4O3S/c1-3-26-19(14-8-10-16(22)11-9-14)24-25-21(26)30-13-18(27)23-17-7-5-6-15(12-17)20(28)29-4-2/h5-12H,3-4,13H2,1-2H3,(H,23,27). The van der Waals surface area contributed by atoms with Crippen LogP contribution in [0, 0.1) is 0 Å². The zero-order chi connectivity index (χ0) is 21.5. The average Bonchev–Trinajstić information content (AvgIpc) is 3.16. The first-order chi connectivity index (χ1) is 14.5. The van der Waals surface area contributed by atoms with E-state index >= 15 is 0 Å². The van der Waals surface area contributed by atoms with E-state index in [1.807, 2.05) is 35.8 Å². The minimum absolute atomic E-state index is 0.169. The Bertz CT molecular complexity index is 1040. The lowest BCUT2D eigenvalue weighted by molar-refractivity contribution is -0.113. The highest BCUT2D eigenvalue weighted by Gasteiger charge is 2.15. The zero-order valence-electron chi connectivity index (χ0n) is 16.6. The summed E-state index contributed by atoms with van der Waals surface area (Å²) in [5.41, 5.74) is 1.89. The van der Waals surface area contributed by atoms with Crippen LogP contribution in [-0.2, 0) is 16.1 Å². The van der Waals surface area contributed by atoms with E-state index in [1.54, 1.807) is 31.2 Å². The van der Waals surface area contributed by atoms with E-state index in [9.17, 15) is 9.59 Å². The van der Waals surface area contributed by atoms with Crippen LogP contribution in [0.1, 0.15) is 24.2 Å². The van der Waals surface area contributed by atoms with Gasteiger partial charge in [0.1, 0.15) is 0 Å². The topological polar surface area (TPSA) is 86.1 Å². The summed E-state index contributed by atoms with van der Waals surface area (Å²) in [4.78, 5) is 24.2. The minimum atomic E-state index is -0.417. The van der Waals surface area contributed by atoms with Gasteiger partial charge < -0.3 is 14.6 Å². The van der Waals surface area contributed by atoms with Crippen LogP contribution in [0.5, 0.6) is 0 Å². The molecule has 1 N–H and O–H groups in total. The molecule has 0 aliphatic heterocycles. The highest BCUT2D eigenvalue weighted by atomic mass is 79.9. The molecule has 30 heavy (non-hydrogen) atoms. The van der Waals surface area contributed by atoms with E-state index in [4.69, 9.17) is 4.74 Å². The Morgan fingerprint density at radius 2 is 1.90 bits per heavy atom. The van der Waals surface area contributed by atoms with E-state index < -0.39 is 5.97 Å². The molecule has 1 aromatic heterocycles. The number of hydrogen-bond acceptors (Lipinski definition) is 6. The van der Waals surface area contributed by atoms with Crippen LogP contribution in [0.25, 0.3) is 11.4 Å². The Balaban J connectivity index is 1.65. The van der Waals surface area contributed by atoms with Crippen molar-refractivity contribution in [3.05, 3.63) is 58.6 Å². The molecule has 0 radical (unpaired) electrons. The van der Waals surface area contributed by atoms with Crippen LogP contribution >= 0.6 is 27.7 Å². The van der Waals surface area contributed by atoms with E-state index in [2.05, 4.69) is 31.4 Å². The number of benzene rings is 2. The number of rotatable bonds is 8. The SMILES string of the molecule is CCOC(=O)c1cccc(NC(=O)CSc2nnc(-c3ccc(Br)cc3)n2CC)c1. The first-order valence-electron chi connectivity index (χ1n) is 9.40. The summed E-state index contributed by atoms with van der Waals surface area (Å²) in [5.74, 6) is 0.314. The van der Waals surface area contributed by atoms with Crippen LogP contribution in [-0.4, -0.2) is 39.0 Å². The second-order valence-electron chi connectivity index (χ2n) is 6.20. The molecule has 0 aliphatic rings. The lowest BCUT2D eigenvalue weighted by atomic mass is 10.2. The van der Waals surface area contributed by atoms with Gasteiger partial charge in [-0.15, -0.1) is 10.2 Å². The summed E-state index contributed by atoms with van der Waals surface area (Å²) in [6.45, 7) is 4.74. The Morgan fingerprint density at radius 3 is 2.60 bits per heavy atom. The number of hydrogen-bond donors (Lipinski definition) is 1. The Morgan fingerprint density at radius 1 is 1.13 bits per heavy atom. The number of thioether (sulfide) groups is 1. The van der Waals surface area contributed by atoms with Gasteiger partial charge in [-0.25, -0.2) is 4.79 Å². The summed E-state index contributed by atoms with van der Waals surface area (Å²) < 4.78 is 7.96. The third-order valence-corrected chi connectivity index (χ3v) is 5.62. The van der Waals surface area contributed by atoms with Crippen molar-refractivity contribution in [1.29, 1.82) is 0 Å². The summed E-state index contributed by atoms with van der Waals surface area (Å²) >= 11 is 4.74. The van der Waals surface area contributed by atoms with Gasteiger partial charge >= 0.3 is 5.97 Å². The molecule has 7 nitrogen and oxygen atoms in total. The van der Waals surface area contributed by atoms with Gasteiger partial charge in [-0.1, -0.05) is 45.9 Å². The van der Waals surface area contributed by atoms with Crippen molar-refractivity contribution < 1.29 is 14.3 Å². The number of carbonyl (C=O) groups excluding carboxylic acids is 2. The Kier molecular flexibility index (Phi) is 7.64. The molecule has 0 unspecified atom stereocenters. The van der Waals surface area contributed by atoms with Crippen molar-refractivity contribution in [3.8, 4) is 11.4 Å². The van der Waals surface area contributed by atoms with Gasteiger partial charge in [-0.3, -0.25) is 4.79 Å². The van der Waals surface area contributed by atoms with Gasteiger partial charge in [0.25, 0.3) is 0 Å². The van der Waals surface area contributed by atoms with E-state index in [0.717, 1.165) is 15.9 Å². The normalized spacial score (nSPS) is 10.6. The smallest absolute Gasteiger partial charge is 0.338 e. The van der Waals surface area contributed by atoms with E-state index in [-0.39, 0.29) is 11.7 Å². The summed E-state index contributed by atoms with van der Waals surface area (Å²) in [6, 6.07) is 14.5. The van der Waals surface area contributed by atoms with Crippen LogP contribution in [0.4, 0.5) is 5.69 Å². The van der Waals surface area contributed by atoms with Crippen molar-refractivity contribution >= 4 is 45.3 Å². The fourth-order valence-electron chi connectivity index (χ4n) is 2.76. The first-order valence-corrected chi connectivity index (χ1v) is 11.2. The monoisotopic (exact) mass is 488 g/mol. The van der Waals surface area contributed by atoms with Crippen LogP contribution < -0.4 is 5.32 Å². The molecule has 0 saturated carbocycles. The number of esters is 1. The number of nitrogens with zero attached hydrogens (tertiary/aromatic N) is 3. The summed E-state index contributed by atoms with van der Waals surface area (Å²) in [7, 11) is 0. The maximum atomic E-state index is 12.4. The molecule has 0 saturated heterocycles. The zero-order valence-corrected chi connectivity index (χ0v) is 19.0. The molecule has 3 rings (SSSR count). The Labute approximate surface area is 187 Å². The van der Waals surface area contributed by atoms with Crippen LogP contribution in [0.3, 0.4) is 0 Å². The number of anilines is 1. The maximum absolute atomic E-state index is 12.4. The molecule has 2 aromatic carbocycles. The average molecular weight is 489 g/mol. The van der Waals surface area contributed by atoms with E-state index in [1.165, 1.54) is 11.8 Å². The van der Waals surface area contributed by atoms with Crippen molar-refractivity contribution in [1.82, 2.24) is 14.8 Å². The molecule has 0 atom stereocenters. The lowest BCUT2D eigenvalue weighted by Crippen LogP contribution is -2.15. The van der Waals surface area contributed by atoms with Crippen molar-refractivity contribution in [3.63, 3.8) is 0 Å². The molecular weight excluding hydrogens is 468 g/mol. The number of aromatic nitrogens is 3. The minimum Gasteiger partial charge on any atom is -0.462 e. The molecule has 3 aromatic rings. The molecule has 1 amide bonds. The summed E-state index contributed by atoms with van der Waals surface area (Å²) in [6.07, 6.45) is 0. The Hall–Kier alpha value is -2.65. The fourth-order valence-corrected chi connectivity index (χ4v) is 3.83. The van der Waals surface area contributed by atoms with Gasteiger partial charge in [-0.2, -0.15) is 0 Å². The van der Waals surface area contributed by atoms with Crippen LogP contribution in [0.15, 0.2) is 58.2 Å². The van der Waals surface area contributed by atoms with E-state index in [0.29, 0.717) is 29.6 Å². The fraction of sp³-hybridized carbons (Fsp3) is 0.238. The number of amides is 1. The van der Waals surface area contributed by atoms with Gasteiger partial charge in [0.2, 0.25) is 5.91 Å². The van der Waals surface area contributed by atoms with Gasteiger partial charge in [-0.05, 0) is 44.2 Å². The highest BCUT2D eigenvalue weighted by Crippen LogP contribution is 2.25. The predicted molar refractivity (Wildman–Crippen MR) is 121 cm³/mol. The highest BCUT2D eigenvalue weighted by molar-refractivity contribution is 9.10. The molecule has 0 bridgehead atoms. The second-order valence-corrected chi connectivity index (χ2v) is 8.05. The number of ether oxygens (including phenoxy) is 1. The van der Waals surface area contributed by atoms with Gasteiger partial charge in [0, 0.05) is 22.3 Å². The second kappa shape index (κ2) is 10.4. The van der Waals surface area contributed by atoms with Gasteiger partial charge in [0.15, 0.2) is 11.0 Å².